The molecule has 0 bridgehead atoms. The molecule has 0 aromatic carbocycles. The first kappa shape index (κ1) is 15.0. The normalized spacial score (nSPS) is 33.4. The number of rotatable bonds is 1. The molecule has 6 heteroatoms. The van der Waals surface area contributed by atoms with Crippen molar-refractivity contribution in [2.45, 2.75) is 50.6 Å². The topological polar surface area (TPSA) is 60.9 Å². The zero-order valence-electron chi connectivity index (χ0n) is 12.4. The average molecular weight is 312 g/mol. The van der Waals surface area contributed by atoms with Crippen molar-refractivity contribution < 1.29 is 14.7 Å². The Morgan fingerprint density at radius 2 is 1.76 bits per heavy atom. The number of amides is 2. The van der Waals surface area contributed by atoms with Crippen LogP contribution in [0.1, 0.15) is 38.5 Å². The van der Waals surface area contributed by atoms with Crippen molar-refractivity contribution in [2.75, 3.05) is 24.6 Å². The lowest BCUT2D eigenvalue weighted by atomic mass is 9.78. The fourth-order valence-corrected chi connectivity index (χ4v) is 5.10. The maximum atomic E-state index is 12.9. The average Bonchev–Trinajstić information content (AvgIpc) is 2.53. The number of fused-ring (bicyclic) bond motifs is 1. The minimum atomic E-state index is -0.868. The van der Waals surface area contributed by atoms with E-state index < -0.39 is 12.0 Å². The molecule has 21 heavy (non-hydrogen) atoms. The molecular formula is C15H24N2O3S. The first-order valence-corrected chi connectivity index (χ1v) is 9.21. The zero-order chi connectivity index (χ0) is 14.8. The molecule has 3 rings (SSSR count). The van der Waals surface area contributed by atoms with E-state index in [0.717, 1.165) is 25.1 Å². The Balaban J connectivity index is 1.74. The number of piperidine rings is 1. The summed E-state index contributed by atoms with van der Waals surface area (Å²) in [6.45, 7) is 1.37. The number of carbonyl (C=O) groups excluding carboxylic acids is 1. The first-order chi connectivity index (χ1) is 10.2. The second kappa shape index (κ2) is 6.46. The Bertz CT molecular complexity index is 416. The van der Waals surface area contributed by atoms with Crippen LogP contribution in [0.15, 0.2) is 0 Å². The van der Waals surface area contributed by atoms with Gasteiger partial charge in [0.25, 0.3) is 0 Å². The van der Waals surface area contributed by atoms with E-state index in [4.69, 9.17) is 0 Å². The van der Waals surface area contributed by atoms with Gasteiger partial charge in [-0.15, -0.1) is 0 Å². The van der Waals surface area contributed by atoms with E-state index in [9.17, 15) is 14.7 Å². The number of hydrogen-bond donors (Lipinski definition) is 1. The highest BCUT2D eigenvalue weighted by atomic mass is 32.2. The Labute approximate surface area is 130 Å². The van der Waals surface area contributed by atoms with Gasteiger partial charge in [-0.3, -0.25) is 0 Å². The van der Waals surface area contributed by atoms with Gasteiger partial charge in [-0.05, 0) is 31.6 Å². The van der Waals surface area contributed by atoms with E-state index in [2.05, 4.69) is 0 Å². The number of carbonyl (C=O) groups is 2. The largest absolute Gasteiger partial charge is 0.480 e. The minimum Gasteiger partial charge on any atom is -0.480 e. The first-order valence-electron chi connectivity index (χ1n) is 8.06. The number of urea groups is 1. The van der Waals surface area contributed by atoms with Gasteiger partial charge in [0.2, 0.25) is 0 Å². The lowest BCUT2D eigenvalue weighted by Crippen LogP contribution is -2.59. The summed E-state index contributed by atoms with van der Waals surface area (Å²) in [6, 6.07) is -0.330. The Morgan fingerprint density at radius 3 is 2.57 bits per heavy atom. The Morgan fingerprint density at radius 1 is 1.00 bits per heavy atom. The van der Waals surface area contributed by atoms with Crippen LogP contribution < -0.4 is 0 Å². The van der Waals surface area contributed by atoms with Gasteiger partial charge in [-0.1, -0.05) is 12.8 Å². The maximum absolute atomic E-state index is 12.9. The standard InChI is InChI=1S/C15H24N2O3S/c18-14(19)13-10-21-9-8-17(13)15(20)16-7-3-5-11-4-1-2-6-12(11)16/h11-13H,1-10H2,(H,18,19). The lowest BCUT2D eigenvalue weighted by Gasteiger charge is -2.47. The number of carboxylic acid groups (broad SMARTS) is 1. The van der Waals surface area contributed by atoms with Gasteiger partial charge in [0.1, 0.15) is 6.04 Å². The van der Waals surface area contributed by atoms with Crippen molar-refractivity contribution in [3.63, 3.8) is 0 Å². The van der Waals surface area contributed by atoms with E-state index in [1.54, 1.807) is 16.7 Å². The molecule has 2 heterocycles. The number of nitrogens with zero attached hydrogens (tertiary/aromatic N) is 2. The molecule has 0 aromatic heterocycles. The molecule has 0 aromatic rings. The van der Waals surface area contributed by atoms with Crippen molar-refractivity contribution in [1.29, 1.82) is 0 Å². The smallest absolute Gasteiger partial charge is 0.327 e. The molecular weight excluding hydrogens is 288 g/mol. The highest BCUT2D eigenvalue weighted by Crippen LogP contribution is 2.36. The van der Waals surface area contributed by atoms with E-state index in [0.29, 0.717) is 24.3 Å². The van der Waals surface area contributed by atoms with Crippen LogP contribution in [-0.4, -0.2) is 63.6 Å². The summed E-state index contributed by atoms with van der Waals surface area (Å²) in [7, 11) is 0. The van der Waals surface area contributed by atoms with Gasteiger partial charge in [0.05, 0.1) is 0 Å². The van der Waals surface area contributed by atoms with Crippen molar-refractivity contribution >= 4 is 23.8 Å². The fraction of sp³-hybridized carbons (Fsp3) is 0.867. The summed E-state index contributed by atoms with van der Waals surface area (Å²) in [5.41, 5.74) is 0. The molecule has 1 saturated carbocycles. The molecule has 1 aliphatic carbocycles. The van der Waals surface area contributed by atoms with Gasteiger partial charge >= 0.3 is 12.0 Å². The molecule has 2 amide bonds. The van der Waals surface area contributed by atoms with Crippen LogP contribution in [0.5, 0.6) is 0 Å². The molecule has 5 nitrogen and oxygen atoms in total. The number of aliphatic carboxylic acids is 1. The summed E-state index contributed by atoms with van der Waals surface area (Å²) >= 11 is 1.63. The van der Waals surface area contributed by atoms with Crippen molar-refractivity contribution in [3.8, 4) is 0 Å². The van der Waals surface area contributed by atoms with Crippen LogP contribution in [0, 0.1) is 5.92 Å². The van der Waals surface area contributed by atoms with Gasteiger partial charge < -0.3 is 14.9 Å². The molecule has 0 radical (unpaired) electrons. The van der Waals surface area contributed by atoms with Crippen LogP contribution in [0.3, 0.4) is 0 Å². The Kier molecular flexibility index (Phi) is 4.62. The van der Waals surface area contributed by atoms with Crippen molar-refractivity contribution in [1.82, 2.24) is 9.80 Å². The van der Waals surface area contributed by atoms with Gasteiger partial charge in [-0.25, -0.2) is 9.59 Å². The second-order valence-corrected chi connectivity index (χ2v) is 7.50. The molecule has 3 unspecified atom stereocenters. The highest BCUT2D eigenvalue weighted by Gasteiger charge is 2.41. The number of likely N-dealkylation sites (tertiary alicyclic amines) is 1. The van der Waals surface area contributed by atoms with Crippen LogP contribution in [-0.2, 0) is 4.79 Å². The predicted octanol–water partition coefficient (Wildman–Crippen LogP) is 2.26. The van der Waals surface area contributed by atoms with Crippen LogP contribution in [0.4, 0.5) is 4.79 Å². The van der Waals surface area contributed by atoms with Crippen LogP contribution >= 0.6 is 11.8 Å². The maximum Gasteiger partial charge on any atom is 0.327 e. The van der Waals surface area contributed by atoms with Crippen molar-refractivity contribution in [2.24, 2.45) is 5.92 Å². The summed E-state index contributed by atoms with van der Waals surface area (Å²) in [6.07, 6.45) is 7.09. The molecule has 1 N–H and O–H groups in total. The predicted molar refractivity (Wildman–Crippen MR) is 82.5 cm³/mol. The minimum absolute atomic E-state index is 0.0284. The zero-order valence-corrected chi connectivity index (χ0v) is 13.2. The molecule has 118 valence electrons. The van der Waals surface area contributed by atoms with E-state index in [-0.39, 0.29) is 6.03 Å². The van der Waals surface area contributed by atoms with E-state index >= 15 is 0 Å². The summed E-state index contributed by atoms with van der Waals surface area (Å²) in [5, 5.41) is 9.36. The molecule has 2 saturated heterocycles. The third kappa shape index (κ3) is 3.00. The number of carboxylic acids is 1. The highest BCUT2D eigenvalue weighted by molar-refractivity contribution is 7.99. The fourth-order valence-electron chi connectivity index (χ4n) is 4.06. The van der Waals surface area contributed by atoms with Gasteiger partial charge in [0, 0.05) is 30.6 Å². The molecule has 3 aliphatic rings. The van der Waals surface area contributed by atoms with Crippen LogP contribution in [0.2, 0.25) is 0 Å². The molecule has 3 fully saturated rings. The third-order valence-corrected chi connectivity index (χ3v) is 6.17. The molecule has 2 aliphatic heterocycles. The summed E-state index contributed by atoms with van der Waals surface area (Å²) in [5.74, 6) is 1.13. The van der Waals surface area contributed by atoms with Gasteiger partial charge in [0.15, 0.2) is 0 Å². The quantitative estimate of drug-likeness (QED) is 0.807. The Hall–Kier alpha value is -0.910. The van der Waals surface area contributed by atoms with E-state index in [1.807, 2.05) is 4.90 Å². The number of thioether (sulfide) groups is 1. The van der Waals surface area contributed by atoms with Gasteiger partial charge in [-0.2, -0.15) is 11.8 Å². The second-order valence-electron chi connectivity index (χ2n) is 6.35. The summed E-state index contributed by atoms with van der Waals surface area (Å²) < 4.78 is 0. The van der Waals surface area contributed by atoms with Crippen LogP contribution in [0.25, 0.3) is 0 Å². The molecule has 3 atom stereocenters. The monoisotopic (exact) mass is 312 g/mol. The SMILES string of the molecule is O=C(O)C1CSCCN1C(=O)N1CCCC2CCCCC21. The molecule has 0 spiro atoms. The summed E-state index contributed by atoms with van der Waals surface area (Å²) in [4.78, 5) is 27.9. The third-order valence-electron chi connectivity index (χ3n) is 5.15. The number of hydrogen-bond acceptors (Lipinski definition) is 3. The van der Waals surface area contributed by atoms with Crippen molar-refractivity contribution in [3.05, 3.63) is 0 Å². The lowest BCUT2D eigenvalue weighted by molar-refractivity contribution is -0.141. The van der Waals surface area contributed by atoms with E-state index in [1.165, 1.54) is 25.7 Å².